The molecule has 0 aliphatic carbocycles. The second-order valence-electron chi connectivity index (χ2n) is 8.31. The number of aliphatic carboxylic acids is 2. The Hall–Kier alpha value is -5.31. The molecule has 9 heteroatoms. The first-order chi connectivity index (χ1) is 18.8. The molecule has 0 aliphatic rings. The van der Waals surface area contributed by atoms with Gasteiger partial charge in [0.2, 0.25) is 0 Å². The second-order valence-corrected chi connectivity index (χ2v) is 8.31. The van der Waals surface area contributed by atoms with Gasteiger partial charge in [0.15, 0.2) is 11.5 Å². The van der Waals surface area contributed by atoms with E-state index in [2.05, 4.69) is 4.98 Å². The predicted molar refractivity (Wildman–Crippen MR) is 148 cm³/mol. The number of methoxy groups -OCH3 is 3. The van der Waals surface area contributed by atoms with Crippen molar-refractivity contribution in [3.8, 4) is 51.2 Å². The number of rotatable bonds is 10. The zero-order chi connectivity index (χ0) is 27.9. The van der Waals surface area contributed by atoms with Gasteiger partial charge in [-0.05, 0) is 29.3 Å². The van der Waals surface area contributed by atoms with E-state index in [0.29, 0.717) is 34.3 Å². The van der Waals surface area contributed by atoms with Gasteiger partial charge in [0.25, 0.3) is 0 Å². The smallest absolute Gasteiger partial charge is 0.328 e. The van der Waals surface area contributed by atoms with Crippen LogP contribution in [0.15, 0.2) is 72.8 Å². The van der Waals surface area contributed by atoms with Crippen LogP contribution in [-0.4, -0.2) is 53.4 Å². The number of nitrogens with one attached hydrogen (secondary N) is 1. The van der Waals surface area contributed by atoms with E-state index in [-0.39, 0.29) is 0 Å². The minimum Gasteiger partial charge on any atom is -0.497 e. The summed E-state index contributed by atoms with van der Waals surface area (Å²) in [7, 11) is 4.65. The number of hydrogen-bond acceptors (Lipinski definition) is 6. The average molecular weight is 527 g/mol. The van der Waals surface area contributed by atoms with E-state index in [4.69, 9.17) is 29.4 Å². The number of imidazole rings is 1. The summed E-state index contributed by atoms with van der Waals surface area (Å²) >= 11 is 0. The highest BCUT2D eigenvalue weighted by Crippen LogP contribution is 2.42. The highest BCUT2D eigenvalue weighted by Gasteiger charge is 2.21. The summed E-state index contributed by atoms with van der Waals surface area (Å²) in [6.45, 7) is 0. The molecule has 0 spiro atoms. The maximum atomic E-state index is 10.9. The van der Waals surface area contributed by atoms with Crippen molar-refractivity contribution in [1.82, 2.24) is 9.97 Å². The quantitative estimate of drug-likeness (QED) is 0.227. The number of carboxylic acid groups (broad SMARTS) is 2. The number of benzene rings is 3. The molecule has 0 aliphatic heterocycles. The molecule has 0 atom stereocenters. The molecule has 3 N–H and O–H groups in total. The van der Waals surface area contributed by atoms with Gasteiger partial charge in [-0.2, -0.15) is 0 Å². The molecule has 0 unspecified atom stereocenters. The average Bonchev–Trinajstić information content (AvgIpc) is 3.40. The van der Waals surface area contributed by atoms with Gasteiger partial charge in [-0.15, -0.1) is 0 Å². The molecule has 4 rings (SSSR count). The van der Waals surface area contributed by atoms with Crippen LogP contribution >= 0.6 is 0 Å². The maximum Gasteiger partial charge on any atom is 0.328 e. The topological polar surface area (TPSA) is 131 Å². The van der Waals surface area contributed by atoms with Crippen molar-refractivity contribution in [2.45, 2.75) is 0 Å². The van der Waals surface area contributed by atoms with E-state index in [1.54, 1.807) is 33.5 Å². The minimum absolute atomic E-state index is 0.480. The Kier molecular flexibility index (Phi) is 8.11. The SMILES string of the molecule is COc1cc(OC)c(OC)c(-c2nc(-c3ccc(/C=C/C(=O)O)cc3)c(-c3ccc(/C=C/C(=O)O)cc3)[nH]2)c1. The van der Waals surface area contributed by atoms with Gasteiger partial charge < -0.3 is 29.4 Å². The van der Waals surface area contributed by atoms with Gasteiger partial charge in [-0.3, -0.25) is 0 Å². The lowest BCUT2D eigenvalue weighted by Crippen LogP contribution is -1.96. The molecule has 39 heavy (non-hydrogen) atoms. The zero-order valence-corrected chi connectivity index (χ0v) is 21.5. The second kappa shape index (κ2) is 11.8. The molecule has 0 saturated heterocycles. The third-order valence-electron chi connectivity index (χ3n) is 5.87. The van der Waals surface area contributed by atoms with Gasteiger partial charge in [-0.1, -0.05) is 48.5 Å². The summed E-state index contributed by atoms with van der Waals surface area (Å²) in [5.74, 6) is -0.0134. The van der Waals surface area contributed by atoms with Gasteiger partial charge in [0, 0.05) is 29.3 Å². The van der Waals surface area contributed by atoms with E-state index in [9.17, 15) is 9.59 Å². The highest BCUT2D eigenvalue weighted by molar-refractivity contribution is 5.87. The van der Waals surface area contributed by atoms with Crippen molar-refractivity contribution in [2.24, 2.45) is 0 Å². The van der Waals surface area contributed by atoms with Gasteiger partial charge >= 0.3 is 11.9 Å². The van der Waals surface area contributed by atoms with Crippen molar-refractivity contribution < 1.29 is 34.0 Å². The lowest BCUT2D eigenvalue weighted by atomic mass is 10.0. The van der Waals surface area contributed by atoms with E-state index in [1.807, 2.05) is 48.5 Å². The normalized spacial score (nSPS) is 11.2. The number of ether oxygens (including phenoxy) is 3. The van der Waals surface area contributed by atoms with E-state index in [1.165, 1.54) is 12.2 Å². The summed E-state index contributed by atoms with van der Waals surface area (Å²) in [5, 5.41) is 17.8. The molecule has 9 nitrogen and oxygen atoms in total. The van der Waals surface area contributed by atoms with E-state index in [0.717, 1.165) is 40.1 Å². The fourth-order valence-corrected chi connectivity index (χ4v) is 4.00. The molecule has 0 radical (unpaired) electrons. The Labute approximate surface area is 224 Å². The first-order valence-electron chi connectivity index (χ1n) is 11.8. The van der Waals surface area contributed by atoms with E-state index < -0.39 is 11.9 Å². The maximum absolute atomic E-state index is 10.9. The number of aromatic amines is 1. The van der Waals surface area contributed by atoms with Crippen LogP contribution in [0.25, 0.3) is 46.1 Å². The molecule has 0 saturated carbocycles. The standard InChI is InChI=1S/C30H26N2O7/c1-37-22-16-23(29(39-3)24(17-22)38-2)30-31-27(20-10-4-18(5-11-20)8-14-25(33)34)28(32-30)21-12-6-19(7-13-21)9-15-26(35)36/h4-17H,1-3H3,(H,31,32)(H,33,34)(H,35,36)/b14-8+,15-9+. The van der Waals surface area contributed by atoms with Crippen LogP contribution < -0.4 is 14.2 Å². The highest BCUT2D eigenvalue weighted by atomic mass is 16.5. The minimum atomic E-state index is -1.03. The lowest BCUT2D eigenvalue weighted by molar-refractivity contribution is -0.132. The molecule has 0 fully saturated rings. The largest absolute Gasteiger partial charge is 0.497 e. The van der Waals surface area contributed by atoms with Crippen LogP contribution in [0.1, 0.15) is 11.1 Å². The molecular formula is C30H26N2O7. The lowest BCUT2D eigenvalue weighted by Gasteiger charge is -2.13. The van der Waals surface area contributed by atoms with Crippen LogP contribution in [0, 0.1) is 0 Å². The summed E-state index contributed by atoms with van der Waals surface area (Å²) in [5.41, 5.74) is 5.07. The summed E-state index contributed by atoms with van der Waals surface area (Å²) in [6, 6.07) is 18.2. The van der Waals surface area contributed by atoms with Crippen molar-refractivity contribution in [3.63, 3.8) is 0 Å². The Morgan fingerprint density at radius 1 is 0.769 bits per heavy atom. The van der Waals surface area contributed by atoms with Crippen LogP contribution in [-0.2, 0) is 9.59 Å². The number of carboxylic acids is 2. The first-order valence-corrected chi connectivity index (χ1v) is 11.8. The molecule has 1 heterocycles. The Balaban J connectivity index is 1.87. The predicted octanol–water partition coefficient (Wildman–Crippen LogP) is 5.63. The first kappa shape index (κ1) is 26.7. The van der Waals surface area contributed by atoms with Crippen molar-refractivity contribution in [2.75, 3.05) is 21.3 Å². The van der Waals surface area contributed by atoms with Crippen LogP contribution in [0.4, 0.5) is 0 Å². The van der Waals surface area contributed by atoms with Crippen LogP contribution in [0.5, 0.6) is 17.2 Å². The molecular weight excluding hydrogens is 500 g/mol. The molecule has 198 valence electrons. The molecule has 1 aromatic heterocycles. The Bertz CT molecular complexity index is 1460. The molecule has 4 aromatic rings. The zero-order valence-electron chi connectivity index (χ0n) is 21.5. The Morgan fingerprint density at radius 3 is 1.82 bits per heavy atom. The van der Waals surface area contributed by atoms with Gasteiger partial charge in [0.05, 0.1) is 38.3 Å². The van der Waals surface area contributed by atoms with Crippen LogP contribution in [0.2, 0.25) is 0 Å². The molecule has 0 bridgehead atoms. The van der Waals surface area contributed by atoms with Crippen molar-refractivity contribution in [1.29, 1.82) is 0 Å². The number of nitrogens with zero attached hydrogens (tertiary/aromatic N) is 1. The van der Waals surface area contributed by atoms with E-state index >= 15 is 0 Å². The van der Waals surface area contributed by atoms with Gasteiger partial charge in [0.1, 0.15) is 11.6 Å². The number of H-pyrrole nitrogens is 1. The third-order valence-corrected chi connectivity index (χ3v) is 5.87. The number of hydrogen-bond donors (Lipinski definition) is 3. The van der Waals surface area contributed by atoms with Gasteiger partial charge in [-0.25, -0.2) is 14.6 Å². The van der Waals surface area contributed by atoms with Crippen molar-refractivity contribution in [3.05, 3.63) is 83.9 Å². The fourth-order valence-electron chi connectivity index (χ4n) is 4.00. The van der Waals surface area contributed by atoms with Crippen LogP contribution in [0.3, 0.4) is 0 Å². The number of aromatic nitrogens is 2. The Morgan fingerprint density at radius 2 is 1.33 bits per heavy atom. The third kappa shape index (κ3) is 6.16. The monoisotopic (exact) mass is 526 g/mol. The summed E-state index contributed by atoms with van der Waals surface area (Å²) in [6.07, 6.45) is 5.19. The fraction of sp³-hybridized carbons (Fsp3) is 0.100. The molecule has 0 amide bonds. The molecule has 3 aromatic carbocycles. The van der Waals surface area contributed by atoms with Crippen molar-refractivity contribution >= 4 is 24.1 Å². The summed E-state index contributed by atoms with van der Waals surface area (Å²) in [4.78, 5) is 30.1. The number of carbonyl (C=O) groups is 2. The summed E-state index contributed by atoms with van der Waals surface area (Å²) < 4.78 is 16.6.